The van der Waals surface area contributed by atoms with Crippen LogP contribution in [0.15, 0.2) is 85.1 Å². The molecule has 0 aromatic heterocycles. The molecule has 1 amide bonds. The summed E-state index contributed by atoms with van der Waals surface area (Å²) in [4.78, 5) is 13.1. The summed E-state index contributed by atoms with van der Waals surface area (Å²) in [5, 5.41) is 54.6. The van der Waals surface area contributed by atoms with E-state index < -0.39 is 49.5 Å². The maximum atomic E-state index is 13.1. The molecule has 0 aliphatic carbocycles. The first-order valence-corrected chi connectivity index (χ1v) is 31.3. The Bertz CT molecular complexity index is 1450. The van der Waals surface area contributed by atoms with E-state index in [1.807, 2.05) is 6.08 Å². The Morgan fingerprint density at radius 1 is 0.467 bits per heavy atom. The Hall–Kier alpha value is -2.63. The minimum atomic E-state index is -1.58. The Morgan fingerprint density at radius 3 is 1.28 bits per heavy atom. The summed E-state index contributed by atoms with van der Waals surface area (Å²) in [6.07, 6.45) is 70.9. The van der Waals surface area contributed by atoms with Crippen LogP contribution < -0.4 is 5.32 Å². The summed E-state index contributed by atoms with van der Waals surface area (Å²) in [7, 11) is 0. The standard InChI is InChI=1S/C66H117NO8/c1-3-5-7-9-11-13-15-17-19-21-23-25-27-29-30-32-33-35-37-39-41-43-45-47-49-51-53-55-60(69)59(58-74-66-65(73)64(72)63(71)61(57-68)75-66)67-62(70)56-54-52-50-48-46-44-42-40-38-36-34-31-28-26-24-22-20-18-16-14-12-10-8-6-4-2/h6,8,12,14,18,20,24,26,31,34,45,47,53,55,59-61,63-66,68-69,71-73H,3-5,7,9-11,13,15-17,19,21-23,25,27-30,32-33,35-44,46,48-52,54,56-58H2,1-2H3,(H,67,70)/b8-6-,14-12-,20-18-,26-24-,34-31-,47-45+,55-53+. The monoisotopic (exact) mass is 1050 g/mol. The lowest BCUT2D eigenvalue weighted by Crippen LogP contribution is -2.60. The molecule has 1 rings (SSSR count). The highest BCUT2D eigenvalue weighted by atomic mass is 16.7. The quantitative estimate of drug-likeness (QED) is 0.0261. The lowest BCUT2D eigenvalue weighted by molar-refractivity contribution is -0.302. The summed E-state index contributed by atoms with van der Waals surface area (Å²) in [5.41, 5.74) is 0. The number of unbranched alkanes of at least 4 members (excludes halogenated alkanes) is 31. The average Bonchev–Trinajstić information content (AvgIpc) is 3.41. The van der Waals surface area contributed by atoms with E-state index >= 15 is 0 Å². The van der Waals surface area contributed by atoms with Crippen LogP contribution in [0.4, 0.5) is 0 Å². The normalized spacial score (nSPS) is 19.5. The van der Waals surface area contributed by atoms with Crippen LogP contribution >= 0.6 is 0 Å². The molecule has 0 saturated carbocycles. The van der Waals surface area contributed by atoms with Gasteiger partial charge in [0.05, 0.1) is 25.4 Å². The van der Waals surface area contributed by atoms with Crippen LogP contribution in [-0.2, 0) is 14.3 Å². The van der Waals surface area contributed by atoms with E-state index in [1.54, 1.807) is 6.08 Å². The molecule has 9 heteroatoms. The predicted molar refractivity (Wildman–Crippen MR) is 318 cm³/mol. The van der Waals surface area contributed by atoms with Crippen molar-refractivity contribution in [3.63, 3.8) is 0 Å². The average molecular weight is 1050 g/mol. The number of allylic oxidation sites excluding steroid dienone is 13. The summed E-state index contributed by atoms with van der Waals surface area (Å²) < 4.78 is 11.3. The van der Waals surface area contributed by atoms with Gasteiger partial charge in [-0.2, -0.15) is 0 Å². The van der Waals surface area contributed by atoms with Crippen molar-refractivity contribution in [3.8, 4) is 0 Å². The Kier molecular flexibility index (Phi) is 51.3. The Balaban J connectivity index is 2.23. The van der Waals surface area contributed by atoms with E-state index in [9.17, 15) is 30.3 Å². The number of nitrogens with one attached hydrogen (secondary N) is 1. The van der Waals surface area contributed by atoms with Gasteiger partial charge in [0.2, 0.25) is 5.91 Å². The van der Waals surface area contributed by atoms with E-state index in [4.69, 9.17) is 9.47 Å². The molecule has 0 spiro atoms. The number of amides is 1. The highest BCUT2D eigenvalue weighted by Crippen LogP contribution is 2.23. The summed E-state index contributed by atoms with van der Waals surface area (Å²) >= 11 is 0. The van der Waals surface area contributed by atoms with E-state index in [2.05, 4.69) is 92.1 Å². The molecule has 0 radical (unpaired) electrons. The number of aliphatic hydroxyl groups excluding tert-OH is 5. The van der Waals surface area contributed by atoms with Crippen molar-refractivity contribution in [1.82, 2.24) is 5.32 Å². The zero-order chi connectivity index (χ0) is 54.3. The van der Waals surface area contributed by atoms with Crippen LogP contribution in [0, 0.1) is 0 Å². The maximum Gasteiger partial charge on any atom is 0.220 e. The van der Waals surface area contributed by atoms with Crippen molar-refractivity contribution in [2.75, 3.05) is 13.2 Å². The molecule has 1 saturated heterocycles. The van der Waals surface area contributed by atoms with Gasteiger partial charge in [0, 0.05) is 6.42 Å². The molecule has 1 aliphatic rings. The second kappa shape index (κ2) is 54.7. The van der Waals surface area contributed by atoms with Crippen LogP contribution in [0.5, 0.6) is 0 Å². The molecular formula is C66H117NO8. The van der Waals surface area contributed by atoms with E-state index in [0.29, 0.717) is 6.42 Å². The highest BCUT2D eigenvalue weighted by molar-refractivity contribution is 5.76. The molecule has 9 nitrogen and oxygen atoms in total. The lowest BCUT2D eigenvalue weighted by atomic mass is 9.99. The van der Waals surface area contributed by atoms with E-state index in [1.165, 1.54) is 167 Å². The van der Waals surface area contributed by atoms with Crippen molar-refractivity contribution in [2.45, 2.75) is 314 Å². The number of carbonyl (C=O) groups is 1. The molecule has 75 heavy (non-hydrogen) atoms. The fourth-order valence-corrected chi connectivity index (χ4v) is 9.55. The van der Waals surface area contributed by atoms with Gasteiger partial charge in [0.1, 0.15) is 24.4 Å². The number of hydrogen-bond acceptors (Lipinski definition) is 8. The molecule has 1 fully saturated rings. The van der Waals surface area contributed by atoms with Gasteiger partial charge in [-0.05, 0) is 77.0 Å². The van der Waals surface area contributed by atoms with Crippen LogP contribution in [0.2, 0.25) is 0 Å². The Morgan fingerprint density at radius 2 is 0.840 bits per heavy atom. The van der Waals surface area contributed by atoms with Gasteiger partial charge in [-0.3, -0.25) is 4.79 Å². The number of rotatable bonds is 53. The second-order valence-electron chi connectivity index (χ2n) is 21.5. The number of ether oxygens (including phenoxy) is 2. The Labute approximate surface area is 461 Å². The lowest BCUT2D eigenvalue weighted by Gasteiger charge is -2.40. The summed E-state index contributed by atoms with van der Waals surface area (Å²) in [6.45, 7) is 3.67. The van der Waals surface area contributed by atoms with Gasteiger partial charge in [-0.25, -0.2) is 0 Å². The molecule has 0 aromatic carbocycles. The van der Waals surface area contributed by atoms with E-state index in [0.717, 1.165) is 83.5 Å². The first-order chi connectivity index (χ1) is 36.8. The van der Waals surface area contributed by atoms with Crippen LogP contribution in [0.1, 0.15) is 271 Å². The zero-order valence-electron chi connectivity index (χ0n) is 48.3. The highest BCUT2D eigenvalue weighted by Gasteiger charge is 2.44. The van der Waals surface area contributed by atoms with Crippen molar-refractivity contribution < 1.29 is 39.8 Å². The molecule has 0 bridgehead atoms. The van der Waals surface area contributed by atoms with E-state index in [-0.39, 0.29) is 12.5 Å². The number of carbonyl (C=O) groups excluding carboxylic acids is 1. The second-order valence-corrected chi connectivity index (χ2v) is 21.5. The number of hydrogen-bond donors (Lipinski definition) is 6. The molecule has 0 aromatic rings. The van der Waals surface area contributed by atoms with Crippen molar-refractivity contribution in [3.05, 3.63) is 85.1 Å². The maximum absolute atomic E-state index is 13.1. The minimum Gasteiger partial charge on any atom is -0.394 e. The van der Waals surface area contributed by atoms with Crippen LogP contribution in [0.3, 0.4) is 0 Å². The molecule has 6 N–H and O–H groups in total. The van der Waals surface area contributed by atoms with Gasteiger partial charge in [0.25, 0.3) is 0 Å². The molecule has 434 valence electrons. The van der Waals surface area contributed by atoms with Crippen molar-refractivity contribution in [2.24, 2.45) is 0 Å². The van der Waals surface area contributed by atoms with Gasteiger partial charge < -0.3 is 40.3 Å². The molecule has 1 heterocycles. The van der Waals surface area contributed by atoms with Gasteiger partial charge in [-0.1, -0.05) is 272 Å². The van der Waals surface area contributed by atoms with Crippen LogP contribution in [-0.4, -0.2) is 87.5 Å². The summed E-state index contributed by atoms with van der Waals surface area (Å²) in [6, 6.07) is -0.832. The predicted octanol–water partition coefficient (Wildman–Crippen LogP) is 16.2. The van der Waals surface area contributed by atoms with Crippen molar-refractivity contribution in [1.29, 1.82) is 0 Å². The topological polar surface area (TPSA) is 149 Å². The fraction of sp³-hybridized carbons (Fsp3) is 0.773. The molecule has 7 atom stereocenters. The fourth-order valence-electron chi connectivity index (χ4n) is 9.55. The minimum absolute atomic E-state index is 0.194. The number of aliphatic hydroxyl groups is 5. The van der Waals surface area contributed by atoms with Gasteiger partial charge in [0.15, 0.2) is 6.29 Å². The van der Waals surface area contributed by atoms with Gasteiger partial charge in [-0.15, -0.1) is 0 Å². The molecule has 7 unspecified atom stereocenters. The first kappa shape index (κ1) is 70.4. The smallest absolute Gasteiger partial charge is 0.220 e. The van der Waals surface area contributed by atoms with Crippen LogP contribution in [0.25, 0.3) is 0 Å². The zero-order valence-corrected chi connectivity index (χ0v) is 48.3. The first-order valence-electron chi connectivity index (χ1n) is 31.3. The third-order valence-corrected chi connectivity index (χ3v) is 14.5. The third-order valence-electron chi connectivity index (χ3n) is 14.5. The third kappa shape index (κ3) is 44.0. The summed E-state index contributed by atoms with van der Waals surface area (Å²) in [5.74, 6) is -0.194. The molecule has 1 aliphatic heterocycles. The largest absolute Gasteiger partial charge is 0.394 e. The molecular weight excluding hydrogens is 935 g/mol. The van der Waals surface area contributed by atoms with Crippen molar-refractivity contribution >= 4 is 5.91 Å². The SMILES string of the molecule is CC/C=C\C/C=C\C/C=C\C/C=C\C/C=C\CCCCCCCCCCCC(=O)NC(COC1OC(CO)C(O)C(O)C1O)C(O)/C=C/CC/C=C/CCCCCCCCCCCCCCCCCCCCCCC. The van der Waals surface area contributed by atoms with Gasteiger partial charge >= 0.3 is 0 Å².